The number of hydrogen-bond acceptors (Lipinski definition) is 4. The maximum atomic E-state index is 12.4. The van der Waals surface area contributed by atoms with Crippen LogP contribution in [0.1, 0.15) is 29.8 Å². The number of ketones is 1. The van der Waals surface area contributed by atoms with Crippen LogP contribution >= 0.6 is 15.9 Å². The maximum absolute atomic E-state index is 12.4. The van der Waals surface area contributed by atoms with Crippen molar-refractivity contribution in [3.63, 3.8) is 0 Å². The van der Waals surface area contributed by atoms with Gasteiger partial charge in [0.15, 0.2) is 5.78 Å². The van der Waals surface area contributed by atoms with E-state index in [0.29, 0.717) is 12.3 Å². The van der Waals surface area contributed by atoms with Crippen LogP contribution in [0.5, 0.6) is 0 Å². The lowest BCUT2D eigenvalue weighted by Crippen LogP contribution is -2.21. The predicted octanol–water partition coefficient (Wildman–Crippen LogP) is 1.78. The summed E-state index contributed by atoms with van der Waals surface area (Å²) in [5.41, 5.74) is 0.720. The van der Waals surface area contributed by atoms with E-state index in [1.165, 1.54) is 6.42 Å². The van der Waals surface area contributed by atoms with Gasteiger partial charge in [0.25, 0.3) is 0 Å². The summed E-state index contributed by atoms with van der Waals surface area (Å²) in [4.78, 5) is 14.5. The van der Waals surface area contributed by atoms with Gasteiger partial charge in [0.2, 0.25) is 0 Å². The fraction of sp³-hybridized carbons (Fsp3) is 0.714. The third-order valence-corrected chi connectivity index (χ3v) is 4.34. The minimum Gasteiger partial charge on any atom is -0.316 e. The fourth-order valence-corrected chi connectivity index (χ4v) is 3.04. The first kappa shape index (κ1) is 15.7. The molecule has 112 valence electrons. The zero-order chi connectivity index (χ0) is 14.5. The summed E-state index contributed by atoms with van der Waals surface area (Å²) in [5.74, 6) is 0.843. The van der Waals surface area contributed by atoms with E-state index in [2.05, 4.69) is 31.2 Å². The second-order valence-electron chi connectivity index (χ2n) is 5.69. The molecule has 0 radical (unpaired) electrons. The highest BCUT2D eigenvalue weighted by atomic mass is 79.9. The molecular formula is C14H23BrN4O. The number of carbonyl (C=O) groups excluding carboxylic acids is 1. The van der Waals surface area contributed by atoms with E-state index in [1.807, 2.05) is 18.8 Å². The van der Waals surface area contributed by atoms with Crippen molar-refractivity contribution in [1.29, 1.82) is 0 Å². The summed E-state index contributed by atoms with van der Waals surface area (Å²) in [6.07, 6.45) is 4.49. The van der Waals surface area contributed by atoms with Crippen molar-refractivity contribution in [2.24, 2.45) is 5.92 Å². The van der Waals surface area contributed by atoms with Gasteiger partial charge in [-0.2, -0.15) is 5.10 Å². The Morgan fingerprint density at radius 3 is 3.05 bits per heavy atom. The van der Waals surface area contributed by atoms with Crippen LogP contribution in [0.25, 0.3) is 0 Å². The molecule has 2 rings (SSSR count). The highest BCUT2D eigenvalue weighted by Crippen LogP contribution is 2.21. The summed E-state index contributed by atoms with van der Waals surface area (Å²) in [6, 6.07) is 0. The monoisotopic (exact) mass is 342 g/mol. The minimum atomic E-state index is 0.194. The number of aromatic nitrogens is 2. The Bertz CT molecular complexity index is 452. The van der Waals surface area contributed by atoms with E-state index in [0.717, 1.165) is 42.8 Å². The number of nitrogens with zero attached hydrogens (tertiary/aromatic N) is 3. The molecule has 1 aromatic heterocycles. The van der Waals surface area contributed by atoms with Gasteiger partial charge in [-0.1, -0.05) is 0 Å². The van der Waals surface area contributed by atoms with Gasteiger partial charge in [0.1, 0.15) is 5.69 Å². The van der Waals surface area contributed by atoms with E-state index in [9.17, 15) is 4.79 Å². The molecule has 1 saturated heterocycles. The van der Waals surface area contributed by atoms with Crippen molar-refractivity contribution < 1.29 is 4.79 Å². The lowest BCUT2D eigenvalue weighted by atomic mass is 10.00. The molecule has 1 aliphatic rings. The Morgan fingerprint density at radius 2 is 2.40 bits per heavy atom. The van der Waals surface area contributed by atoms with Crippen molar-refractivity contribution in [3.8, 4) is 0 Å². The highest BCUT2D eigenvalue weighted by molar-refractivity contribution is 9.10. The molecule has 1 fully saturated rings. The number of hydrogen-bond donors (Lipinski definition) is 1. The molecule has 0 aliphatic carbocycles. The SMILES string of the molecule is CN(C)CCn1ncc(Br)c1C(=O)CCC1CCNC1. The summed E-state index contributed by atoms with van der Waals surface area (Å²) in [7, 11) is 4.04. The maximum Gasteiger partial charge on any atom is 0.182 e. The molecule has 0 spiro atoms. The van der Waals surface area contributed by atoms with Crippen molar-refractivity contribution in [2.75, 3.05) is 33.7 Å². The molecule has 0 bridgehead atoms. The normalized spacial score (nSPS) is 18.9. The van der Waals surface area contributed by atoms with Gasteiger partial charge in [-0.15, -0.1) is 0 Å². The first-order valence-electron chi connectivity index (χ1n) is 7.18. The van der Waals surface area contributed by atoms with Gasteiger partial charge >= 0.3 is 0 Å². The van der Waals surface area contributed by atoms with Gasteiger partial charge in [-0.05, 0) is 61.9 Å². The summed E-state index contributed by atoms with van der Waals surface area (Å²) < 4.78 is 2.63. The molecule has 2 heterocycles. The average molecular weight is 343 g/mol. The van der Waals surface area contributed by atoms with E-state index < -0.39 is 0 Å². The predicted molar refractivity (Wildman–Crippen MR) is 83.0 cm³/mol. The van der Waals surface area contributed by atoms with Crippen molar-refractivity contribution in [1.82, 2.24) is 20.0 Å². The van der Waals surface area contributed by atoms with E-state index in [-0.39, 0.29) is 5.78 Å². The van der Waals surface area contributed by atoms with Crippen LogP contribution in [0, 0.1) is 5.92 Å². The van der Waals surface area contributed by atoms with Gasteiger partial charge in [0, 0.05) is 13.0 Å². The zero-order valence-electron chi connectivity index (χ0n) is 12.2. The quantitative estimate of drug-likeness (QED) is 0.767. The average Bonchev–Trinajstić information content (AvgIpc) is 3.03. The standard InChI is InChI=1S/C14H23BrN4O/c1-18(2)7-8-19-14(12(15)10-17-19)13(20)4-3-11-5-6-16-9-11/h10-11,16H,3-9H2,1-2H3. The first-order valence-corrected chi connectivity index (χ1v) is 7.97. The highest BCUT2D eigenvalue weighted by Gasteiger charge is 2.20. The largest absolute Gasteiger partial charge is 0.316 e. The molecule has 1 aliphatic heterocycles. The lowest BCUT2D eigenvalue weighted by Gasteiger charge is -2.12. The van der Waals surface area contributed by atoms with Crippen molar-refractivity contribution in [2.45, 2.75) is 25.8 Å². The van der Waals surface area contributed by atoms with E-state index >= 15 is 0 Å². The van der Waals surface area contributed by atoms with Gasteiger partial charge in [0.05, 0.1) is 17.2 Å². The topological polar surface area (TPSA) is 50.2 Å². The third-order valence-electron chi connectivity index (χ3n) is 3.76. The van der Waals surface area contributed by atoms with Crippen LogP contribution < -0.4 is 5.32 Å². The molecule has 1 N–H and O–H groups in total. The summed E-state index contributed by atoms with van der Waals surface area (Å²) in [6.45, 7) is 3.75. The first-order chi connectivity index (χ1) is 9.58. The molecule has 0 amide bonds. The lowest BCUT2D eigenvalue weighted by molar-refractivity contribution is 0.0962. The molecule has 0 saturated carbocycles. The van der Waals surface area contributed by atoms with Crippen LogP contribution in [0.15, 0.2) is 10.7 Å². The number of Topliss-reactive ketones (excluding diaryl/α,β-unsaturated/α-hetero) is 1. The van der Waals surface area contributed by atoms with Gasteiger partial charge in [-0.3, -0.25) is 9.48 Å². The van der Waals surface area contributed by atoms with Crippen LogP contribution in [-0.4, -0.2) is 54.2 Å². The second-order valence-corrected chi connectivity index (χ2v) is 6.54. The number of likely N-dealkylation sites (N-methyl/N-ethyl adjacent to an activating group) is 1. The van der Waals surface area contributed by atoms with Gasteiger partial charge in [-0.25, -0.2) is 0 Å². The third kappa shape index (κ3) is 4.14. The summed E-state index contributed by atoms with van der Waals surface area (Å²) in [5, 5.41) is 7.64. The Labute approximate surface area is 128 Å². The van der Waals surface area contributed by atoms with Crippen LogP contribution in [-0.2, 0) is 6.54 Å². The van der Waals surface area contributed by atoms with Gasteiger partial charge < -0.3 is 10.2 Å². The Kier molecular flexibility index (Phi) is 5.74. The molecule has 6 heteroatoms. The summed E-state index contributed by atoms with van der Waals surface area (Å²) >= 11 is 3.45. The minimum absolute atomic E-state index is 0.194. The smallest absolute Gasteiger partial charge is 0.182 e. The second kappa shape index (κ2) is 7.33. The van der Waals surface area contributed by atoms with E-state index in [4.69, 9.17) is 0 Å². The zero-order valence-corrected chi connectivity index (χ0v) is 13.8. The Balaban J connectivity index is 1.95. The number of rotatable bonds is 7. The van der Waals surface area contributed by atoms with Crippen LogP contribution in [0.3, 0.4) is 0 Å². The Hall–Kier alpha value is -0.720. The van der Waals surface area contributed by atoms with E-state index in [1.54, 1.807) is 6.20 Å². The van der Waals surface area contributed by atoms with Crippen molar-refractivity contribution in [3.05, 3.63) is 16.4 Å². The molecule has 1 unspecified atom stereocenters. The molecule has 5 nitrogen and oxygen atoms in total. The molecule has 0 aromatic carbocycles. The fourth-order valence-electron chi connectivity index (χ4n) is 2.52. The number of halogens is 1. The molecular weight excluding hydrogens is 320 g/mol. The van der Waals surface area contributed by atoms with Crippen LogP contribution in [0.2, 0.25) is 0 Å². The molecule has 1 aromatic rings. The number of carbonyl (C=O) groups is 1. The van der Waals surface area contributed by atoms with Crippen LogP contribution in [0.4, 0.5) is 0 Å². The molecule has 20 heavy (non-hydrogen) atoms. The number of nitrogens with one attached hydrogen (secondary N) is 1. The Morgan fingerprint density at radius 1 is 1.60 bits per heavy atom. The molecule has 1 atom stereocenters. The van der Waals surface area contributed by atoms with Crippen molar-refractivity contribution >= 4 is 21.7 Å².